The predicted molar refractivity (Wildman–Crippen MR) is 56.0 cm³/mol. The number of rotatable bonds is 6. The van der Waals surface area contributed by atoms with Gasteiger partial charge in [-0.25, -0.2) is 0 Å². The van der Waals surface area contributed by atoms with Crippen molar-refractivity contribution in [1.82, 2.24) is 4.90 Å². The quantitative estimate of drug-likeness (QED) is 0.629. The van der Waals surface area contributed by atoms with Crippen LogP contribution in [-0.4, -0.2) is 37.2 Å². The van der Waals surface area contributed by atoms with Crippen LogP contribution in [0.3, 0.4) is 0 Å². The predicted octanol–water partition coefficient (Wildman–Crippen LogP) is 2.29. The molecule has 1 heterocycles. The largest absolute Gasteiger partial charge is 0.377 e. The highest BCUT2D eigenvalue weighted by molar-refractivity contribution is 4.70. The molecule has 1 aliphatic rings. The second kappa shape index (κ2) is 6.39. The zero-order chi connectivity index (χ0) is 9.52. The van der Waals surface area contributed by atoms with E-state index in [1.165, 1.54) is 38.8 Å². The molecule has 0 saturated carbocycles. The zero-order valence-corrected chi connectivity index (χ0v) is 9.09. The van der Waals surface area contributed by atoms with E-state index in [4.69, 9.17) is 4.74 Å². The smallest absolute Gasteiger partial charge is 0.0702 e. The summed E-state index contributed by atoms with van der Waals surface area (Å²) in [6, 6.07) is 0. The van der Waals surface area contributed by atoms with Crippen LogP contribution < -0.4 is 0 Å². The molecule has 1 saturated heterocycles. The van der Waals surface area contributed by atoms with Gasteiger partial charge in [-0.3, -0.25) is 0 Å². The Hall–Kier alpha value is -0.0800. The molecule has 78 valence electrons. The fourth-order valence-electron chi connectivity index (χ4n) is 2.00. The first-order valence-corrected chi connectivity index (χ1v) is 5.70. The molecular weight excluding hydrogens is 162 g/mol. The maximum atomic E-state index is 5.63. The lowest BCUT2D eigenvalue weighted by Crippen LogP contribution is -2.33. The van der Waals surface area contributed by atoms with Crippen LogP contribution in [0, 0.1) is 0 Å². The second-order valence-electron chi connectivity index (χ2n) is 3.94. The second-order valence-corrected chi connectivity index (χ2v) is 3.94. The lowest BCUT2D eigenvalue weighted by Gasteiger charge is -2.23. The van der Waals surface area contributed by atoms with Crippen LogP contribution in [0.2, 0.25) is 0 Å². The van der Waals surface area contributed by atoms with Crippen molar-refractivity contribution in [3.05, 3.63) is 0 Å². The topological polar surface area (TPSA) is 12.5 Å². The fraction of sp³-hybridized carbons (Fsp3) is 1.00. The van der Waals surface area contributed by atoms with E-state index in [1.54, 1.807) is 0 Å². The van der Waals surface area contributed by atoms with Crippen molar-refractivity contribution in [2.75, 3.05) is 26.2 Å². The van der Waals surface area contributed by atoms with E-state index in [-0.39, 0.29) is 0 Å². The van der Waals surface area contributed by atoms with Crippen molar-refractivity contribution in [3.8, 4) is 0 Å². The van der Waals surface area contributed by atoms with E-state index in [2.05, 4.69) is 18.7 Å². The molecular formula is C11H23NO. The molecule has 1 fully saturated rings. The van der Waals surface area contributed by atoms with E-state index in [0.29, 0.717) is 6.10 Å². The van der Waals surface area contributed by atoms with Gasteiger partial charge in [-0.05, 0) is 38.8 Å². The standard InChI is InChI=1S/C11H23NO/c1-3-7-12(8-4-2)10-11-6-5-9-13-11/h11H,3-10H2,1-2H3. The van der Waals surface area contributed by atoms with Crippen LogP contribution in [0.15, 0.2) is 0 Å². The van der Waals surface area contributed by atoms with Gasteiger partial charge in [-0.2, -0.15) is 0 Å². The molecule has 1 aliphatic heterocycles. The monoisotopic (exact) mass is 185 g/mol. The Kier molecular flexibility index (Phi) is 5.40. The van der Waals surface area contributed by atoms with E-state index in [0.717, 1.165) is 13.2 Å². The van der Waals surface area contributed by atoms with Crippen molar-refractivity contribution in [3.63, 3.8) is 0 Å². The lowest BCUT2D eigenvalue weighted by molar-refractivity contribution is 0.0731. The molecule has 0 amide bonds. The fourth-order valence-corrected chi connectivity index (χ4v) is 2.00. The van der Waals surface area contributed by atoms with E-state index >= 15 is 0 Å². The highest BCUT2D eigenvalue weighted by Gasteiger charge is 2.17. The molecule has 1 rings (SSSR count). The lowest BCUT2D eigenvalue weighted by atomic mass is 10.2. The number of hydrogen-bond acceptors (Lipinski definition) is 2. The average molecular weight is 185 g/mol. The highest BCUT2D eigenvalue weighted by Crippen LogP contribution is 2.13. The van der Waals surface area contributed by atoms with Gasteiger partial charge >= 0.3 is 0 Å². The summed E-state index contributed by atoms with van der Waals surface area (Å²) in [6.45, 7) is 9.09. The highest BCUT2D eigenvalue weighted by atomic mass is 16.5. The van der Waals surface area contributed by atoms with Crippen LogP contribution in [0.5, 0.6) is 0 Å². The van der Waals surface area contributed by atoms with Gasteiger partial charge in [0.15, 0.2) is 0 Å². The summed E-state index contributed by atoms with van der Waals surface area (Å²) in [6.07, 6.45) is 5.57. The van der Waals surface area contributed by atoms with Crippen molar-refractivity contribution >= 4 is 0 Å². The Morgan fingerprint density at radius 3 is 2.38 bits per heavy atom. The van der Waals surface area contributed by atoms with Gasteiger partial charge in [0.1, 0.15) is 0 Å². The number of hydrogen-bond donors (Lipinski definition) is 0. The Bertz CT molecular complexity index is 115. The Morgan fingerprint density at radius 1 is 1.23 bits per heavy atom. The Balaban J connectivity index is 2.19. The first kappa shape index (κ1) is 11.0. The molecule has 0 aliphatic carbocycles. The van der Waals surface area contributed by atoms with Gasteiger partial charge in [-0.1, -0.05) is 13.8 Å². The molecule has 0 radical (unpaired) electrons. The molecule has 13 heavy (non-hydrogen) atoms. The molecule has 0 aromatic rings. The number of nitrogens with zero attached hydrogens (tertiary/aromatic N) is 1. The van der Waals surface area contributed by atoms with E-state index in [1.807, 2.05) is 0 Å². The van der Waals surface area contributed by atoms with Crippen molar-refractivity contribution in [1.29, 1.82) is 0 Å². The van der Waals surface area contributed by atoms with Crippen LogP contribution >= 0.6 is 0 Å². The summed E-state index contributed by atoms with van der Waals surface area (Å²) in [5.74, 6) is 0. The molecule has 2 heteroatoms. The average Bonchev–Trinajstić information content (AvgIpc) is 2.58. The van der Waals surface area contributed by atoms with Crippen molar-refractivity contribution in [2.24, 2.45) is 0 Å². The van der Waals surface area contributed by atoms with Gasteiger partial charge in [0.05, 0.1) is 6.10 Å². The minimum atomic E-state index is 0.526. The van der Waals surface area contributed by atoms with Gasteiger partial charge in [0, 0.05) is 13.2 Å². The van der Waals surface area contributed by atoms with Crippen LogP contribution in [0.4, 0.5) is 0 Å². The molecule has 0 aromatic heterocycles. The molecule has 1 unspecified atom stereocenters. The molecule has 0 N–H and O–H groups in total. The van der Waals surface area contributed by atoms with Gasteiger partial charge < -0.3 is 9.64 Å². The molecule has 2 nitrogen and oxygen atoms in total. The van der Waals surface area contributed by atoms with Crippen LogP contribution in [0.25, 0.3) is 0 Å². The van der Waals surface area contributed by atoms with Gasteiger partial charge in [0.2, 0.25) is 0 Å². The SMILES string of the molecule is CCCN(CCC)CC1CCCO1. The molecule has 1 atom stereocenters. The van der Waals surface area contributed by atoms with E-state index < -0.39 is 0 Å². The Morgan fingerprint density at radius 2 is 1.92 bits per heavy atom. The minimum Gasteiger partial charge on any atom is -0.377 e. The first-order chi connectivity index (χ1) is 6.36. The zero-order valence-electron chi connectivity index (χ0n) is 9.09. The summed E-state index contributed by atoms with van der Waals surface area (Å²) in [5.41, 5.74) is 0. The van der Waals surface area contributed by atoms with Crippen molar-refractivity contribution in [2.45, 2.75) is 45.6 Å². The van der Waals surface area contributed by atoms with Gasteiger partial charge in [0.25, 0.3) is 0 Å². The summed E-state index contributed by atoms with van der Waals surface area (Å²) in [5, 5.41) is 0. The summed E-state index contributed by atoms with van der Waals surface area (Å²) in [4.78, 5) is 2.54. The maximum absolute atomic E-state index is 5.63. The summed E-state index contributed by atoms with van der Waals surface area (Å²) < 4.78 is 5.63. The van der Waals surface area contributed by atoms with E-state index in [9.17, 15) is 0 Å². The van der Waals surface area contributed by atoms with Gasteiger partial charge in [-0.15, -0.1) is 0 Å². The minimum absolute atomic E-state index is 0.526. The molecule has 0 spiro atoms. The Labute approximate surface area is 82.3 Å². The molecule has 0 bridgehead atoms. The summed E-state index contributed by atoms with van der Waals surface area (Å²) >= 11 is 0. The van der Waals surface area contributed by atoms with Crippen LogP contribution in [-0.2, 0) is 4.74 Å². The maximum Gasteiger partial charge on any atom is 0.0702 e. The third-order valence-electron chi connectivity index (χ3n) is 2.57. The van der Waals surface area contributed by atoms with Crippen LogP contribution in [0.1, 0.15) is 39.5 Å². The first-order valence-electron chi connectivity index (χ1n) is 5.70. The molecule has 0 aromatic carbocycles. The normalized spacial score (nSPS) is 22.8. The third-order valence-corrected chi connectivity index (χ3v) is 2.57. The third kappa shape index (κ3) is 4.10. The summed E-state index contributed by atoms with van der Waals surface area (Å²) in [7, 11) is 0. The van der Waals surface area contributed by atoms with Crippen molar-refractivity contribution < 1.29 is 4.74 Å². The number of ether oxygens (including phenoxy) is 1.